The highest BCUT2D eigenvalue weighted by Crippen LogP contribution is 2.28. The number of halogens is 1. The number of rotatable bonds is 6. The van der Waals surface area contributed by atoms with Gasteiger partial charge in [-0.15, -0.1) is 0 Å². The first-order chi connectivity index (χ1) is 7.34. The van der Waals surface area contributed by atoms with Gasteiger partial charge in [-0.3, -0.25) is 0 Å². The van der Waals surface area contributed by atoms with Gasteiger partial charge in [0.05, 0.1) is 6.61 Å². The summed E-state index contributed by atoms with van der Waals surface area (Å²) < 4.78 is 18.0. The Morgan fingerprint density at radius 1 is 1.27 bits per heavy atom. The average Bonchev–Trinajstić information content (AvgIpc) is 3.04. The van der Waals surface area contributed by atoms with E-state index in [1.54, 1.807) is 12.1 Å². The molecular weight excluding hydrogens is 193 g/mol. The largest absolute Gasteiger partial charge is 0.383 e. The summed E-state index contributed by atoms with van der Waals surface area (Å²) >= 11 is 0. The minimum Gasteiger partial charge on any atom is -0.383 e. The van der Waals surface area contributed by atoms with Crippen molar-refractivity contribution in [3.8, 4) is 0 Å². The van der Waals surface area contributed by atoms with Gasteiger partial charge in [0.1, 0.15) is 5.82 Å². The Morgan fingerprint density at radius 2 is 2.00 bits per heavy atom. The second-order valence-corrected chi connectivity index (χ2v) is 3.95. The summed E-state index contributed by atoms with van der Waals surface area (Å²) in [5.74, 6) is 0.612. The van der Waals surface area contributed by atoms with Crippen molar-refractivity contribution in [2.45, 2.75) is 12.8 Å². The Morgan fingerprint density at radius 3 is 2.67 bits per heavy atom. The van der Waals surface area contributed by atoms with Crippen molar-refractivity contribution in [3.05, 3.63) is 30.1 Å². The molecule has 0 saturated heterocycles. The van der Waals surface area contributed by atoms with Crippen LogP contribution in [0.3, 0.4) is 0 Å². The first kappa shape index (κ1) is 10.4. The molecule has 0 radical (unpaired) electrons. The van der Waals surface area contributed by atoms with Crippen molar-refractivity contribution < 1.29 is 9.13 Å². The van der Waals surface area contributed by atoms with E-state index >= 15 is 0 Å². The van der Waals surface area contributed by atoms with Crippen LogP contribution in [-0.4, -0.2) is 19.8 Å². The number of hydrogen-bond acceptors (Lipinski definition) is 2. The van der Waals surface area contributed by atoms with Crippen LogP contribution in [0, 0.1) is 11.7 Å². The standard InChI is InChI=1S/C12H16FNO/c13-11-3-5-12(6-4-11)14-7-8-15-9-10-1-2-10/h3-6,10,14H,1-2,7-9H2. The van der Waals surface area contributed by atoms with E-state index in [9.17, 15) is 4.39 Å². The van der Waals surface area contributed by atoms with Crippen LogP contribution in [-0.2, 0) is 4.74 Å². The molecule has 15 heavy (non-hydrogen) atoms. The third-order valence-electron chi connectivity index (χ3n) is 2.47. The molecular formula is C12H16FNO. The highest BCUT2D eigenvalue weighted by Gasteiger charge is 2.20. The van der Waals surface area contributed by atoms with Crippen LogP contribution in [0.1, 0.15) is 12.8 Å². The molecule has 1 aromatic rings. The summed E-state index contributed by atoms with van der Waals surface area (Å²) in [6, 6.07) is 6.37. The van der Waals surface area contributed by atoms with Crippen LogP contribution >= 0.6 is 0 Å². The first-order valence-electron chi connectivity index (χ1n) is 5.42. The lowest BCUT2D eigenvalue weighted by Crippen LogP contribution is -2.10. The van der Waals surface area contributed by atoms with Crippen molar-refractivity contribution in [2.24, 2.45) is 5.92 Å². The normalized spacial score (nSPS) is 15.3. The quantitative estimate of drug-likeness (QED) is 0.727. The molecule has 0 aromatic heterocycles. The smallest absolute Gasteiger partial charge is 0.123 e. The molecule has 2 rings (SSSR count). The van der Waals surface area contributed by atoms with Crippen molar-refractivity contribution in [3.63, 3.8) is 0 Å². The number of nitrogens with one attached hydrogen (secondary N) is 1. The summed E-state index contributed by atoms with van der Waals surface area (Å²) in [7, 11) is 0. The zero-order chi connectivity index (χ0) is 10.5. The Bertz CT molecular complexity index is 295. The average molecular weight is 209 g/mol. The lowest BCUT2D eigenvalue weighted by atomic mass is 10.3. The fraction of sp³-hybridized carbons (Fsp3) is 0.500. The third-order valence-corrected chi connectivity index (χ3v) is 2.47. The van der Waals surface area contributed by atoms with Gasteiger partial charge < -0.3 is 10.1 Å². The molecule has 0 unspecified atom stereocenters. The number of anilines is 1. The van der Waals surface area contributed by atoms with E-state index in [0.29, 0.717) is 6.61 Å². The van der Waals surface area contributed by atoms with Gasteiger partial charge in [0.2, 0.25) is 0 Å². The molecule has 1 saturated carbocycles. The van der Waals surface area contributed by atoms with Gasteiger partial charge in [0, 0.05) is 18.8 Å². The zero-order valence-electron chi connectivity index (χ0n) is 8.71. The van der Waals surface area contributed by atoms with Crippen LogP contribution in [0.4, 0.5) is 10.1 Å². The summed E-state index contributed by atoms with van der Waals surface area (Å²) in [5, 5.41) is 3.17. The van der Waals surface area contributed by atoms with Crippen molar-refractivity contribution in [2.75, 3.05) is 25.1 Å². The predicted octanol–water partition coefficient (Wildman–Crippen LogP) is 2.66. The Kier molecular flexibility index (Phi) is 3.56. The molecule has 1 fully saturated rings. The Labute approximate surface area is 89.4 Å². The molecule has 0 aliphatic heterocycles. The number of benzene rings is 1. The molecule has 0 heterocycles. The molecule has 0 amide bonds. The number of ether oxygens (including phenoxy) is 1. The van der Waals surface area contributed by atoms with Crippen molar-refractivity contribution in [1.29, 1.82) is 0 Å². The third kappa shape index (κ3) is 3.88. The molecule has 0 atom stereocenters. The lowest BCUT2D eigenvalue weighted by Gasteiger charge is -2.06. The van der Waals surface area contributed by atoms with E-state index in [4.69, 9.17) is 4.74 Å². The van der Waals surface area contributed by atoms with E-state index in [-0.39, 0.29) is 5.82 Å². The fourth-order valence-electron chi connectivity index (χ4n) is 1.37. The summed E-state index contributed by atoms with van der Waals surface area (Å²) in [6.45, 7) is 2.39. The molecule has 1 aromatic carbocycles. The second-order valence-electron chi connectivity index (χ2n) is 3.95. The molecule has 0 spiro atoms. The van der Waals surface area contributed by atoms with E-state index in [1.165, 1.54) is 25.0 Å². The Balaban J connectivity index is 1.58. The van der Waals surface area contributed by atoms with Crippen LogP contribution in [0.5, 0.6) is 0 Å². The van der Waals surface area contributed by atoms with Crippen LogP contribution < -0.4 is 5.32 Å². The fourth-order valence-corrected chi connectivity index (χ4v) is 1.37. The molecule has 82 valence electrons. The van der Waals surface area contributed by atoms with Crippen LogP contribution in [0.2, 0.25) is 0 Å². The van der Waals surface area contributed by atoms with Gasteiger partial charge in [-0.25, -0.2) is 4.39 Å². The van der Waals surface area contributed by atoms with Gasteiger partial charge >= 0.3 is 0 Å². The van der Waals surface area contributed by atoms with Gasteiger partial charge in [-0.05, 0) is 43.0 Å². The van der Waals surface area contributed by atoms with Gasteiger partial charge in [-0.2, -0.15) is 0 Å². The van der Waals surface area contributed by atoms with E-state index < -0.39 is 0 Å². The topological polar surface area (TPSA) is 21.3 Å². The van der Waals surface area contributed by atoms with Crippen LogP contribution in [0.25, 0.3) is 0 Å². The van der Waals surface area contributed by atoms with E-state index in [1.807, 2.05) is 0 Å². The minimum absolute atomic E-state index is 0.203. The zero-order valence-corrected chi connectivity index (χ0v) is 8.71. The van der Waals surface area contributed by atoms with Gasteiger partial charge in [0.25, 0.3) is 0 Å². The second kappa shape index (κ2) is 5.12. The predicted molar refractivity (Wildman–Crippen MR) is 58.4 cm³/mol. The lowest BCUT2D eigenvalue weighted by molar-refractivity contribution is 0.134. The van der Waals surface area contributed by atoms with Gasteiger partial charge in [0.15, 0.2) is 0 Å². The maximum atomic E-state index is 12.6. The highest BCUT2D eigenvalue weighted by molar-refractivity contribution is 5.42. The SMILES string of the molecule is Fc1ccc(NCCOCC2CC2)cc1. The van der Waals surface area contributed by atoms with E-state index in [0.717, 1.165) is 24.8 Å². The monoisotopic (exact) mass is 209 g/mol. The minimum atomic E-state index is -0.203. The molecule has 3 heteroatoms. The Hall–Kier alpha value is -1.09. The van der Waals surface area contributed by atoms with Crippen molar-refractivity contribution >= 4 is 5.69 Å². The summed E-state index contributed by atoms with van der Waals surface area (Å²) in [4.78, 5) is 0. The maximum absolute atomic E-state index is 12.6. The summed E-state index contributed by atoms with van der Waals surface area (Å²) in [5.41, 5.74) is 0.937. The molecule has 1 N–H and O–H groups in total. The summed E-state index contributed by atoms with van der Waals surface area (Å²) in [6.07, 6.45) is 2.65. The molecule has 0 bridgehead atoms. The highest BCUT2D eigenvalue weighted by atomic mass is 19.1. The molecule has 2 nitrogen and oxygen atoms in total. The van der Waals surface area contributed by atoms with E-state index in [2.05, 4.69) is 5.32 Å². The van der Waals surface area contributed by atoms with Crippen LogP contribution in [0.15, 0.2) is 24.3 Å². The molecule has 1 aliphatic carbocycles. The van der Waals surface area contributed by atoms with Gasteiger partial charge in [-0.1, -0.05) is 0 Å². The maximum Gasteiger partial charge on any atom is 0.123 e. The molecule has 1 aliphatic rings. The number of hydrogen-bond donors (Lipinski definition) is 1. The van der Waals surface area contributed by atoms with Crippen molar-refractivity contribution in [1.82, 2.24) is 0 Å². The first-order valence-corrected chi connectivity index (χ1v) is 5.42.